The zero-order chi connectivity index (χ0) is 23.5. The van der Waals surface area contributed by atoms with E-state index in [0.717, 1.165) is 72.0 Å². The molecule has 0 radical (unpaired) electrons. The molecular formula is C27H36FN5. The maximum atomic E-state index is 14.7. The molecule has 1 fully saturated rings. The Bertz CT molecular complexity index is 1120. The quantitative estimate of drug-likeness (QED) is 0.509. The van der Waals surface area contributed by atoms with Crippen LogP contribution in [-0.2, 0) is 13.0 Å². The molecule has 176 valence electrons. The van der Waals surface area contributed by atoms with Crippen molar-refractivity contribution in [3.05, 3.63) is 64.4 Å². The molecule has 5 nitrogen and oxygen atoms in total. The molecule has 0 N–H and O–H groups in total. The SMILES string of the molecule is CCc1nc2c(C)cc(C)nc2n1Cc1ccc(C=C(F)CN2CCN(C(C)C)CC2)cc1. The third-order valence-electron chi connectivity index (χ3n) is 6.57. The molecule has 33 heavy (non-hydrogen) atoms. The van der Waals surface area contributed by atoms with Crippen molar-refractivity contribution in [2.24, 2.45) is 0 Å². The minimum absolute atomic E-state index is 0.0789. The van der Waals surface area contributed by atoms with Crippen molar-refractivity contribution in [2.45, 2.75) is 53.6 Å². The predicted molar refractivity (Wildman–Crippen MR) is 134 cm³/mol. The lowest BCUT2D eigenvalue weighted by Gasteiger charge is -2.36. The number of halogens is 1. The van der Waals surface area contributed by atoms with Crippen LogP contribution in [0.15, 0.2) is 36.2 Å². The second-order valence-corrected chi connectivity index (χ2v) is 9.46. The standard InChI is InChI=1S/C27H36FN5/c1-6-25-30-26-20(4)15-21(5)29-27(26)33(25)17-23-9-7-22(8-10-23)16-24(28)18-31-11-13-32(14-12-31)19(2)3/h7-10,15-16,19H,6,11-14,17-18H2,1-5H3. The molecule has 1 aliphatic rings. The highest BCUT2D eigenvalue weighted by Gasteiger charge is 2.19. The Morgan fingerprint density at radius 3 is 2.39 bits per heavy atom. The molecule has 0 saturated carbocycles. The minimum Gasteiger partial charge on any atom is -0.308 e. The molecule has 1 aliphatic heterocycles. The monoisotopic (exact) mass is 449 g/mol. The fraction of sp³-hybridized carbons (Fsp3) is 0.481. The van der Waals surface area contributed by atoms with Gasteiger partial charge in [0, 0.05) is 44.3 Å². The summed E-state index contributed by atoms with van der Waals surface area (Å²) in [5, 5.41) is 0. The summed E-state index contributed by atoms with van der Waals surface area (Å²) in [6.45, 7) is 15.6. The minimum atomic E-state index is -0.0789. The number of piperazine rings is 1. The number of benzene rings is 1. The van der Waals surface area contributed by atoms with Crippen LogP contribution in [0.2, 0.25) is 0 Å². The number of hydrogen-bond acceptors (Lipinski definition) is 4. The third kappa shape index (κ3) is 5.50. The molecule has 3 aromatic rings. The van der Waals surface area contributed by atoms with Crippen molar-refractivity contribution in [2.75, 3.05) is 32.7 Å². The lowest BCUT2D eigenvalue weighted by molar-refractivity contribution is 0.111. The van der Waals surface area contributed by atoms with Crippen molar-refractivity contribution < 1.29 is 4.39 Å². The van der Waals surface area contributed by atoms with E-state index in [2.05, 4.69) is 60.3 Å². The topological polar surface area (TPSA) is 37.2 Å². The molecule has 2 aromatic heterocycles. The average molecular weight is 450 g/mol. The van der Waals surface area contributed by atoms with Crippen LogP contribution in [0.5, 0.6) is 0 Å². The number of nitrogens with zero attached hydrogens (tertiary/aromatic N) is 5. The van der Waals surface area contributed by atoms with Crippen molar-refractivity contribution >= 4 is 17.2 Å². The van der Waals surface area contributed by atoms with Gasteiger partial charge in [-0.05, 0) is 56.5 Å². The normalized spacial score (nSPS) is 16.3. The van der Waals surface area contributed by atoms with Crippen molar-refractivity contribution in [3.8, 4) is 0 Å². The maximum Gasteiger partial charge on any atom is 0.160 e. The van der Waals surface area contributed by atoms with E-state index in [9.17, 15) is 4.39 Å². The van der Waals surface area contributed by atoms with Gasteiger partial charge in [-0.2, -0.15) is 0 Å². The number of hydrogen-bond donors (Lipinski definition) is 0. The van der Waals surface area contributed by atoms with Gasteiger partial charge in [-0.15, -0.1) is 0 Å². The number of rotatable bonds is 7. The molecular weight excluding hydrogens is 413 g/mol. The lowest BCUT2D eigenvalue weighted by Crippen LogP contribution is -2.49. The summed E-state index contributed by atoms with van der Waals surface area (Å²) in [6, 6.07) is 10.8. The molecule has 6 heteroatoms. The Kier molecular flexibility index (Phi) is 7.25. The zero-order valence-corrected chi connectivity index (χ0v) is 20.6. The maximum absolute atomic E-state index is 14.7. The Hall–Kier alpha value is -2.57. The van der Waals surface area contributed by atoms with E-state index in [1.165, 1.54) is 0 Å². The van der Waals surface area contributed by atoms with Crippen LogP contribution in [-0.4, -0.2) is 63.1 Å². The van der Waals surface area contributed by atoms with Crippen LogP contribution < -0.4 is 0 Å². The molecule has 1 aromatic carbocycles. The van der Waals surface area contributed by atoms with Crippen LogP contribution in [0.3, 0.4) is 0 Å². The van der Waals surface area contributed by atoms with Crippen molar-refractivity contribution in [3.63, 3.8) is 0 Å². The van der Waals surface area contributed by atoms with E-state index in [4.69, 9.17) is 9.97 Å². The number of aryl methyl sites for hydroxylation is 3. The second kappa shape index (κ2) is 10.1. The summed E-state index contributed by atoms with van der Waals surface area (Å²) in [7, 11) is 0. The lowest BCUT2D eigenvalue weighted by atomic mass is 10.1. The fourth-order valence-corrected chi connectivity index (χ4v) is 4.66. The van der Waals surface area contributed by atoms with Crippen molar-refractivity contribution in [1.29, 1.82) is 0 Å². The van der Waals surface area contributed by atoms with E-state index < -0.39 is 0 Å². The number of pyridine rings is 1. The smallest absolute Gasteiger partial charge is 0.160 e. The molecule has 0 spiro atoms. The number of aromatic nitrogens is 3. The van der Waals surface area contributed by atoms with Gasteiger partial charge in [-0.1, -0.05) is 31.2 Å². The zero-order valence-electron chi connectivity index (χ0n) is 20.6. The van der Waals surface area contributed by atoms with E-state index in [1.807, 2.05) is 19.1 Å². The van der Waals surface area contributed by atoms with Crippen LogP contribution in [0, 0.1) is 13.8 Å². The van der Waals surface area contributed by atoms with Gasteiger partial charge < -0.3 is 4.57 Å². The highest BCUT2D eigenvalue weighted by molar-refractivity contribution is 5.76. The summed E-state index contributed by atoms with van der Waals surface area (Å²) in [5.41, 5.74) is 6.14. The van der Waals surface area contributed by atoms with E-state index in [-0.39, 0.29) is 5.83 Å². The Morgan fingerprint density at radius 2 is 1.76 bits per heavy atom. The first-order valence-corrected chi connectivity index (χ1v) is 12.1. The number of fused-ring (bicyclic) bond motifs is 1. The molecule has 1 saturated heterocycles. The Balaban J connectivity index is 1.44. The van der Waals surface area contributed by atoms with Gasteiger partial charge in [0.2, 0.25) is 0 Å². The summed E-state index contributed by atoms with van der Waals surface area (Å²) in [4.78, 5) is 14.2. The molecule has 0 atom stereocenters. The molecule has 4 rings (SSSR count). The Morgan fingerprint density at radius 1 is 1.06 bits per heavy atom. The van der Waals surface area contributed by atoms with Crippen LogP contribution in [0.1, 0.15) is 49.0 Å². The second-order valence-electron chi connectivity index (χ2n) is 9.46. The first-order chi connectivity index (χ1) is 15.8. The van der Waals surface area contributed by atoms with Gasteiger partial charge in [0.15, 0.2) is 5.65 Å². The highest BCUT2D eigenvalue weighted by Crippen LogP contribution is 2.21. The van der Waals surface area contributed by atoms with Gasteiger partial charge in [-0.3, -0.25) is 9.80 Å². The summed E-state index contributed by atoms with van der Waals surface area (Å²) in [6.07, 6.45) is 2.52. The molecule has 0 bridgehead atoms. The van der Waals surface area contributed by atoms with Gasteiger partial charge in [0.25, 0.3) is 0 Å². The largest absolute Gasteiger partial charge is 0.308 e. The average Bonchev–Trinajstić information content (AvgIpc) is 3.13. The van der Waals surface area contributed by atoms with Gasteiger partial charge in [0.05, 0.1) is 13.1 Å². The molecule has 3 heterocycles. The molecule has 0 aliphatic carbocycles. The van der Waals surface area contributed by atoms with Crippen molar-refractivity contribution in [1.82, 2.24) is 24.3 Å². The highest BCUT2D eigenvalue weighted by atomic mass is 19.1. The predicted octanol–water partition coefficient (Wildman–Crippen LogP) is 5.00. The molecule has 0 unspecified atom stereocenters. The summed E-state index contributed by atoms with van der Waals surface area (Å²) >= 11 is 0. The van der Waals surface area contributed by atoms with E-state index in [0.29, 0.717) is 19.1 Å². The van der Waals surface area contributed by atoms with Crippen LogP contribution in [0.25, 0.3) is 17.2 Å². The Labute approximate surface area is 196 Å². The van der Waals surface area contributed by atoms with Crippen LogP contribution in [0.4, 0.5) is 4.39 Å². The van der Waals surface area contributed by atoms with Gasteiger partial charge in [0.1, 0.15) is 17.2 Å². The first-order valence-electron chi connectivity index (χ1n) is 12.1. The fourth-order valence-electron chi connectivity index (χ4n) is 4.66. The summed E-state index contributed by atoms with van der Waals surface area (Å²) < 4.78 is 16.9. The first kappa shape index (κ1) is 23.6. The molecule has 0 amide bonds. The van der Waals surface area contributed by atoms with Crippen LogP contribution >= 0.6 is 0 Å². The van der Waals surface area contributed by atoms with Gasteiger partial charge >= 0.3 is 0 Å². The van der Waals surface area contributed by atoms with E-state index in [1.54, 1.807) is 6.08 Å². The van der Waals surface area contributed by atoms with Gasteiger partial charge in [-0.25, -0.2) is 14.4 Å². The van der Waals surface area contributed by atoms with E-state index >= 15 is 0 Å². The number of imidazole rings is 1. The third-order valence-corrected chi connectivity index (χ3v) is 6.57. The summed E-state index contributed by atoms with van der Waals surface area (Å²) in [5.74, 6) is 0.962.